The predicted molar refractivity (Wildman–Crippen MR) is 79.9 cm³/mol. The molecule has 8 heteroatoms. The Kier molecular flexibility index (Phi) is 5.24. The number of furan rings is 1. The second-order valence-corrected chi connectivity index (χ2v) is 5.56. The van der Waals surface area contributed by atoms with Gasteiger partial charge in [0.25, 0.3) is 5.91 Å². The molecule has 2 rings (SSSR count). The van der Waals surface area contributed by atoms with E-state index in [1.54, 1.807) is 23.9 Å². The lowest BCUT2D eigenvalue weighted by atomic mass is 10.4. The van der Waals surface area contributed by atoms with Gasteiger partial charge in [0.2, 0.25) is 0 Å². The number of carbonyl (C=O) groups is 1. The van der Waals surface area contributed by atoms with Crippen LogP contribution in [0.2, 0.25) is 5.02 Å². The third-order valence-corrected chi connectivity index (χ3v) is 3.73. The van der Waals surface area contributed by atoms with Crippen LogP contribution in [-0.4, -0.2) is 23.1 Å². The molecule has 6 nitrogen and oxygen atoms in total. The second-order valence-electron chi connectivity index (χ2n) is 3.95. The minimum Gasteiger partial charge on any atom is -0.395 e. The fraction of sp³-hybridized carbons (Fsp3) is 0.154. The molecule has 1 aromatic carbocycles. The topological polar surface area (TPSA) is 85.4 Å². The smallest absolute Gasteiger partial charge is 0.395 e. The molecule has 0 unspecified atom stereocenters. The number of nitrogens with zero attached hydrogens (tertiary/aromatic N) is 1. The lowest BCUT2D eigenvalue weighted by molar-refractivity contribution is -0.402. The van der Waals surface area contributed by atoms with Crippen molar-refractivity contribution in [2.45, 2.75) is 4.90 Å². The van der Waals surface area contributed by atoms with Crippen molar-refractivity contribution in [1.82, 2.24) is 5.32 Å². The summed E-state index contributed by atoms with van der Waals surface area (Å²) < 4.78 is 4.80. The highest BCUT2D eigenvalue weighted by Gasteiger charge is 2.16. The number of rotatable bonds is 6. The lowest BCUT2D eigenvalue weighted by Gasteiger charge is -2.03. The van der Waals surface area contributed by atoms with E-state index in [0.717, 1.165) is 11.0 Å². The van der Waals surface area contributed by atoms with Gasteiger partial charge in [-0.1, -0.05) is 11.6 Å². The number of nitrogens with one attached hydrogen (secondary N) is 1. The molecule has 0 radical (unpaired) electrons. The quantitative estimate of drug-likeness (QED) is 0.381. The maximum Gasteiger partial charge on any atom is 0.433 e. The minimum absolute atomic E-state index is 0.0711. The van der Waals surface area contributed by atoms with Gasteiger partial charge in [0.05, 0.1) is 6.07 Å². The molecule has 2 aromatic rings. The highest BCUT2D eigenvalue weighted by molar-refractivity contribution is 7.99. The summed E-state index contributed by atoms with van der Waals surface area (Å²) in [6.07, 6.45) is 0. The first-order valence-electron chi connectivity index (χ1n) is 5.97. The van der Waals surface area contributed by atoms with Gasteiger partial charge in [-0.15, -0.1) is 11.8 Å². The van der Waals surface area contributed by atoms with Crippen molar-refractivity contribution in [1.29, 1.82) is 0 Å². The molecule has 110 valence electrons. The highest BCUT2D eigenvalue weighted by atomic mass is 35.5. The van der Waals surface area contributed by atoms with E-state index < -0.39 is 16.7 Å². The Bertz CT molecular complexity index is 642. The Morgan fingerprint density at radius 3 is 2.62 bits per heavy atom. The number of hydrogen-bond donors (Lipinski definition) is 1. The van der Waals surface area contributed by atoms with Gasteiger partial charge in [0, 0.05) is 22.2 Å². The molecule has 1 heterocycles. The van der Waals surface area contributed by atoms with Crippen molar-refractivity contribution in [3.8, 4) is 0 Å². The molecule has 1 aromatic heterocycles. The number of halogens is 1. The van der Waals surface area contributed by atoms with Crippen molar-refractivity contribution in [3.05, 3.63) is 57.3 Å². The van der Waals surface area contributed by atoms with Crippen molar-refractivity contribution in [2.75, 3.05) is 12.3 Å². The van der Waals surface area contributed by atoms with E-state index in [9.17, 15) is 14.9 Å². The van der Waals surface area contributed by atoms with Gasteiger partial charge < -0.3 is 9.73 Å². The fourth-order valence-electron chi connectivity index (χ4n) is 1.50. The first-order chi connectivity index (χ1) is 10.1. The van der Waals surface area contributed by atoms with E-state index in [1.807, 2.05) is 12.1 Å². The van der Waals surface area contributed by atoms with Crippen molar-refractivity contribution >= 4 is 35.2 Å². The summed E-state index contributed by atoms with van der Waals surface area (Å²) in [7, 11) is 0. The van der Waals surface area contributed by atoms with Crippen molar-refractivity contribution < 1.29 is 14.1 Å². The fourth-order valence-corrected chi connectivity index (χ4v) is 2.39. The number of thioether (sulfide) groups is 1. The molecule has 21 heavy (non-hydrogen) atoms. The standard InChI is InChI=1S/C13H11ClN2O4S/c14-9-1-3-10(4-2-9)21-8-7-15-13(17)11-5-6-12(20-11)16(18)19/h1-6H,7-8H2,(H,15,17). The molecule has 0 aliphatic carbocycles. The van der Waals surface area contributed by atoms with Crippen LogP contribution in [0.15, 0.2) is 45.7 Å². The van der Waals surface area contributed by atoms with Crippen LogP contribution in [0.4, 0.5) is 5.88 Å². The molecular formula is C13H11ClN2O4S. The van der Waals surface area contributed by atoms with Gasteiger partial charge in [0.15, 0.2) is 5.76 Å². The van der Waals surface area contributed by atoms with E-state index >= 15 is 0 Å². The normalized spacial score (nSPS) is 10.3. The molecule has 0 spiro atoms. The van der Waals surface area contributed by atoms with Gasteiger partial charge >= 0.3 is 5.88 Å². The van der Waals surface area contributed by atoms with Gasteiger partial charge in [-0.2, -0.15) is 0 Å². The Morgan fingerprint density at radius 2 is 2.00 bits per heavy atom. The molecule has 0 bridgehead atoms. The molecule has 0 atom stereocenters. The first kappa shape index (κ1) is 15.4. The summed E-state index contributed by atoms with van der Waals surface area (Å²) in [4.78, 5) is 22.5. The van der Waals surface area contributed by atoms with Crippen LogP contribution in [0.3, 0.4) is 0 Å². The van der Waals surface area contributed by atoms with Gasteiger partial charge in [-0.25, -0.2) is 0 Å². The van der Waals surface area contributed by atoms with Crippen LogP contribution >= 0.6 is 23.4 Å². The predicted octanol–water partition coefficient (Wildman–Crippen LogP) is 3.36. The zero-order valence-corrected chi connectivity index (χ0v) is 12.3. The summed E-state index contributed by atoms with van der Waals surface area (Å²) in [5.74, 6) is -0.329. The molecule has 0 saturated carbocycles. The molecular weight excluding hydrogens is 316 g/mol. The summed E-state index contributed by atoms with van der Waals surface area (Å²) in [6, 6.07) is 9.81. The molecule has 0 aliphatic rings. The van der Waals surface area contributed by atoms with Crippen LogP contribution in [0.5, 0.6) is 0 Å². The Labute approximate surface area is 129 Å². The molecule has 1 N–H and O–H groups in total. The average Bonchev–Trinajstić information content (AvgIpc) is 2.95. The highest BCUT2D eigenvalue weighted by Crippen LogP contribution is 2.20. The maximum absolute atomic E-state index is 11.7. The summed E-state index contributed by atoms with van der Waals surface area (Å²) in [6.45, 7) is 0.417. The van der Waals surface area contributed by atoms with E-state index in [1.165, 1.54) is 6.07 Å². The Balaban J connectivity index is 1.76. The summed E-state index contributed by atoms with van der Waals surface area (Å²) in [5, 5.41) is 13.7. The van der Waals surface area contributed by atoms with Gasteiger partial charge in [0.1, 0.15) is 4.92 Å². The van der Waals surface area contributed by atoms with Crippen LogP contribution < -0.4 is 5.32 Å². The molecule has 0 fully saturated rings. The van der Waals surface area contributed by atoms with Crippen molar-refractivity contribution in [3.63, 3.8) is 0 Å². The Hall–Kier alpha value is -1.99. The summed E-state index contributed by atoms with van der Waals surface area (Å²) in [5.41, 5.74) is 0. The largest absolute Gasteiger partial charge is 0.433 e. The maximum atomic E-state index is 11.7. The minimum atomic E-state index is -0.687. The average molecular weight is 327 g/mol. The zero-order chi connectivity index (χ0) is 15.2. The van der Waals surface area contributed by atoms with E-state index in [2.05, 4.69) is 5.32 Å². The molecule has 0 aliphatic heterocycles. The van der Waals surface area contributed by atoms with E-state index in [0.29, 0.717) is 17.3 Å². The van der Waals surface area contributed by atoms with Gasteiger partial charge in [-0.3, -0.25) is 14.9 Å². The van der Waals surface area contributed by atoms with E-state index in [4.69, 9.17) is 16.0 Å². The van der Waals surface area contributed by atoms with E-state index in [-0.39, 0.29) is 5.76 Å². The lowest BCUT2D eigenvalue weighted by Crippen LogP contribution is -2.25. The Morgan fingerprint density at radius 1 is 1.29 bits per heavy atom. The van der Waals surface area contributed by atoms with Gasteiger partial charge in [-0.05, 0) is 30.3 Å². The SMILES string of the molecule is O=C(NCCSc1ccc(Cl)cc1)c1ccc([N+](=O)[O-])o1. The molecule has 1 amide bonds. The third kappa shape index (κ3) is 4.51. The summed E-state index contributed by atoms with van der Waals surface area (Å²) >= 11 is 7.35. The third-order valence-electron chi connectivity index (χ3n) is 2.47. The van der Waals surface area contributed by atoms with Crippen LogP contribution in [0.1, 0.15) is 10.6 Å². The van der Waals surface area contributed by atoms with Crippen LogP contribution in [0, 0.1) is 10.1 Å². The zero-order valence-electron chi connectivity index (χ0n) is 10.7. The monoisotopic (exact) mass is 326 g/mol. The number of hydrogen-bond acceptors (Lipinski definition) is 5. The van der Waals surface area contributed by atoms with Crippen LogP contribution in [-0.2, 0) is 0 Å². The second kappa shape index (κ2) is 7.14. The number of nitro groups is 1. The first-order valence-corrected chi connectivity index (χ1v) is 7.33. The molecule has 0 saturated heterocycles. The van der Waals surface area contributed by atoms with Crippen LogP contribution in [0.25, 0.3) is 0 Å². The number of carbonyl (C=O) groups excluding carboxylic acids is 1. The number of amides is 1. The van der Waals surface area contributed by atoms with Crippen molar-refractivity contribution in [2.24, 2.45) is 0 Å². The number of benzene rings is 1.